The smallest absolute Gasteiger partial charge is 0.430 e. The quantitative estimate of drug-likeness (QED) is 0.390. The summed E-state index contributed by atoms with van der Waals surface area (Å²) in [5.74, 6) is 0. The van der Waals surface area contributed by atoms with Gasteiger partial charge in [-0.25, -0.2) is 4.79 Å². The first-order valence-electron chi connectivity index (χ1n) is 5.40. The Morgan fingerprint density at radius 2 is 1.85 bits per heavy atom. The van der Waals surface area contributed by atoms with Crippen molar-refractivity contribution < 1.29 is 9.53 Å². The monoisotopic (exact) mass is 532 g/mol. The molecule has 0 radical (unpaired) electrons. The molecule has 0 N–H and O–H groups in total. The fourth-order valence-electron chi connectivity index (χ4n) is 1.20. The first kappa shape index (κ1) is 19.9. The minimum atomic E-state index is -0.460. The molecule has 0 spiro atoms. The van der Waals surface area contributed by atoms with Crippen molar-refractivity contribution in [2.24, 2.45) is 0 Å². The molecule has 0 saturated carbocycles. The molecule has 0 bridgehead atoms. The summed E-state index contributed by atoms with van der Waals surface area (Å²) >= 11 is 11.7. The summed E-state index contributed by atoms with van der Waals surface area (Å²) in [7, 11) is 0. The van der Waals surface area contributed by atoms with Gasteiger partial charge in [-0.05, 0) is 12.5 Å². The number of carbonyl (C=O) groups excluding carboxylic acids is 1. The zero-order chi connectivity index (χ0) is 15.5. The maximum atomic E-state index is 11.2. The highest BCUT2D eigenvalue weighted by Gasteiger charge is 2.13. The van der Waals surface area contributed by atoms with E-state index in [0.29, 0.717) is 6.42 Å². The van der Waals surface area contributed by atoms with Gasteiger partial charge in [0, 0.05) is 6.42 Å². The van der Waals surface area contributed by atoms with Crippen molar-refractivity contribution in [1.29, 1.82) is 5.26 Å². The number of hydrogen-bond donors (Lipinski definition) is 0. The van der Waals surface area contributed by atoms with Gasteiger partial charge in [0.2, 0.25) is 0 Å². The van der Waals surface area contributed by atoms with E-state index in [1.165, 1.54) is 0 Å². The van der Waals surface area contributed by atoms with E-state index < -0.39 is 6.09 Å². The largest absolute Gasteiger partial charge is 0.445 e. The molecular formula is C12H12Br4N2O2. The molecule has 20 heavy (non-hydrogen) atoms. The minimum absolute atomic E-state index is 0.155. The van der Waals surface area contributed by atoms with Crippen LogP contribution < -0.4 is 0 Å². The summed E-state index contributed by atoms with van der Waals surface area (Å²) in [6.45, 7) is 1.86. The molecule has 0 aliphatic heterocycles. The molecule has 110 valence electrons. The molecule has 1 rings (SSSR count). The van der Waals surface area contributed by atoms with Crippen LogP contribution in [0.4, 0.5) is 4.79 Å². The van der Waals surface area contributed by atoms with Crippen molar-refractivity contribution in [2.75, 3.05) is 0 Å². The van der Waals surface area contributed by atoms with Gasteiger partial charge in [0.25, 0.3) is 0 Å². The Hall–Kier alpha value is -0.1000. The molecule has 0 saturated heterocycles. The van der Waals surface area contributed by atoms with Crippen LogP contribution >= 0.6 is 64.2 Å². The Balaban J connectivity index is 0.000000621. The lowest BCUT2D eigenvalue weighted by Gasteiger charge is -2.14. The summed E-state index contributed by atoms with van der Waals surface area (Å²) in [5.41, 5.74) is 1.15. The third kappa shape index (κ3) is 10.7. The van der Waals surface area contributed by atoms with Crippen molar-refractivity contribution >= 4 is 70.2 Å². The second kappa shape index (κ2) is 11.5. The fourth-order valence-corrected chi connectivity index (χ4v) is 1.37. The van der Waals surface area contributed by atoms with Crippen LogP contribution in [0.25, 0.3) is 0 Å². The van der Waals surface area contributed by atoms with Gasteiger partial charge in [-0.1, -0.05) is 62.2 Å². The zero-order valence-electron chi connectivity index (χ0n) is 10.5. The van der Waals surface area contributed by atoms with Crippen molar-refractivity contribution in [2.45, 2.75) is 23.2 Å². The van der Waals surface area contributed by atoms with Crippen molar-refractivity contribution in [1.82, 2.24) is 2.95 Å². The summed E-state index contributed by atoms with van der Waals surface area (Å²) in [5, 5.41) is 7.80. The molecule has 0 aromatic heterocycles. The highest BCUT2D eigenvalue weighted by Crippen LogP contribution is 2.12. The van der Waals surface area contributed by atoms with Crippen LogP contribution in [0.5, 0.6) is 0 Å². The Labute approximate surface area is 152 Å². The maximum absolute atomic E-state index is 11.2. The van der Waals surface area contributed by atoms with Crippen LogP contribution in [0.15, 0.2) is 30.3 Å². The normalized spacial score (nSPS) is 10.8. The first-order chi connectivity index (χ1) is 9.36. The van der Waals surface area contributed by atoms with Gasteiger partial charge in [-0.3, -0.25) is 0 Å². The summed E-state index contributed by atoms with van der Waals surface area (Å²) in [6.07, 6.45) is 0.0939. The Morgan fingerprint density at radius 3 is 2.25 bits per heavy atom. The SMILES string of the molecule is CC(Cc1ccccc1)OC(=O)N(Br)Br.N#CC(Br)Br. The van der Waals surface area contributed by atoms with Gasteiger partial charge in [-0.2, -0.15) is 8.21 Å². The summed E-state index contributed by atoms with van der Waals surface area (Å²) in [6, 6.07) is 11.8. The molecule has 8 heteroatoms. The molecule has 0 aliphatic carbocycles. The maximum Gasteiger partial charge on any atom is 0.430 e. The molecule has 4 nitrogen and oxygen atoms in total. The third-order valence-electron chi connectivity index (χ3n) is 1.90. The number of benzene rings is 1. The number of hydrogen-bond acceptors (Lipinski definition) is 3. The Kier molecular flexibility index (Phi) is 11.5. The summed E-state index contributed by atoms with van der Waals surface area (Å²) in [4.78, 5) is 11.2. The van der Waals surface area contributed by atoms with E-state index in [1.54, 1.807) is 0 Å². The number of nitrogens with zero attached hydrogens (tertiary/aromatic N) is 2. The topological polar surface area (TPSA) is 53.3 Å². The van der Waals surface area contributed by atoms with Crippen molar-refractivity contribution in [3.63, 3.8) is 0 Å². The number of ether oxygens (including phenoxy) is 1. The average Bonchev–Trinajstić information content (AvgIpc) is 2.40. The van der Waals surface area contributed by atoms with Crippen LogP contribution in [-0.4, -0.2) is 18.9 Å². The van der Waals surface area contributed by atoms with Crippen molar-refractivity contribution in [3.8, 4) is 6.07 Å². The number of carbonyl (C=O) groups is 1. The van der Waals surface area contributed by atoms with Gasteiger partial charge in [0.15, 0.2) is 3.74 Å². The molecule has 1 atom stereocenters. The van der Waals surface area contributed by atoms with Gasteiger partial charge in [-0.15, -0.1) is 0 Å². The fraction of sp³-hybridized carbons (Fsp3) is 0.333. The molecule has 0 fully saturated rings. The predicted molar refractivity (Wildman–Crippen MR) is 93.0 cm³/mol. The standard InChI is InChI=1S/C10H11Br2NO2.C2HBr2N/c1-8(15-10(14)13(11)12)7-9-5-3-2-4-6-9;3-2(4)1-5/h2-6,8H,7H2,1H3;2H. The molecule has 1 unspecified atom stereocenters. The lowest BCUT2D eigenvalue weighted by Crippen LogP contribution is -2.21. The van der Waals surface area contributed by atoms with Gasteiger partial charge < -0.3 is 4.74 Å². The van der Waals surface area contributed by atoms with Crippen LogP contribution in [-0.2, 0) is 11.2 Å². The molecule has 0 heterocycles. The van der Waals surface area contributed by atoms with Crippen LogP contribution in [0.3, 0.4) is 0 Å². The number of nitriles is 1. The zero-order valence-corrected chi connectivity index (χ0v) is 16.8. The van der Waals surface area contributed by atoms with Crippen molar-refractivity contribution in [3.05, 3.63) is 35.9 Å². The Bertz CT molecular complexity index is 435. The van der Waals surface area contributed by atoms with E-state index in [1.807, 2.05) is 43.3 Å². The minimum Gasteiger partial charge on any atom is -0.445 e. The lowest BCUT2D eigenvalue weighted by molar-refractivity contribution is 0.105. The predicted octanol–water partition coefficient (Wildman–Crippen LogP) is 5.30. The molecule has 1 amide bonds. The number of rotatable bonds is 3. The highest BCUT2D eigenvalue weighted by molar-refractivity contribution is 9.24. The molecule has 0 aliphatic rings. The van der Waals surface area contributed by atoms with Crippen LogP contribution in [0, 0.1) is 11.3 Å². The highest BCUT2D eigenvalue weighted by atomic mass is 79.9. The first-order valence-corrected chi connectivity index (χ1v) is 8.65. The molecular weight excluding hydrogens is 524 g/mol. The molecule has 1 aromatic carbocycles. The van der Waals surface area contributed by atoms with E-state index in [9.17, 15) is 4.79 Å². The summed E-state index contributed by atoms with van der Waals surface area (Å²) < 4.78 is 5.98. The van der Waals surface area contributed by atoms with E-state index in [0.717, 1.165) is 8.52 Å². The van der Waals surface area contributed by atoms with Crippen LogP contribution in [0.2, 0.25) is 0 Å². The lowest BCUT2D eigenvalue weighted by atomic mass is 10.1. The van der Waals surface area contributed by atoms with Crippen LogP contribution in [0.1, 0.15) is 12.5 Å². The van der Waals surface area contributed by atoms with E-state index in [4.69, 9.17) is 10.00 Å². The molecule has 1 aromatic rings. The van der Waals surface area contributed by atoms with E-state index in [2.05, 4.69) is 64.2 Å². The third-order valence-corrected chi connectivity index (χ3v) is 2.89. The number of alkyl halides is 2. The average molecular weight is 536 g/mol. The second-order valence-electron chi connectivity index (χ2n) is 3.55. The number of halogens is 4. The van der Waals surface area contributed by atoms with E-state index in [-0.39, 0.29) is 9.84 Å². The number of amides is 1. The Morgan fingerprint density at radius 1 is 1.35 bits per heavy atom. The van der Waals surface area contributed by atoms with Gasteiger partial charge >= 0.3 is 6.09 Å². The van der Waals surface area contributed by atoms with Gasteiger partial charge in [0.1, 0.15) is 6.10 Å². The second-order valence-corrected chi connectivity index (χ2v) is 8.98. The van der Waals surface area contributed by atoms with Gasteiger partial charge in [0.05, 0.1) is 38.4 Å². The van der Waals surface area contributed by atoms with E-state index >= 15 is 0 Å².